The molecule has 90 valence electrons. The van der Waals surface area contributed by atoms with Crippen molar-refractivity contribution in [3.63, 3.8) is 0 Å². The van der Waals surface area contributed by atoms with Gasteiger partial charge in [-0.25, -0.2) is 0 Å². The second kappa shape index (κ2) is 6.92. The van der Waals surface area contributed by atoms with Crippen molar-refractivity contribution >= 4 is 17.0 Å². The summed E-state index contributed by atoms with van der Waals surface area (Å²) in [5.74, 6) is 1.81. The summed E-state index contributed by atoms with van der Waals surface area (Å²) < 4.78 is 5.15. The van der Waals surface area contributed by atoms with Crippen molar-refractivity contribution in [2.75, 3.05) is 20.2 Å². The Kier molecular flexibility index (Phi) is 5.85. The number of hydrogen-bond donors (Lipinski definition) is 1. The summed E-state index contributed by atoms with van der Waals surface area (Å²) in [5, 5.41) is 3.40. The Bertz CT molecular complexity index is 293. The Morgan fingerprint density at radius 3 is 2.38 bits per heavy atom. The molecular weight excluding hydrogens is 266 g/mol. The average molecular weight is 286 g/mol. The molecule has 0 radical (unpaired) electrons. The van der Waals surface area contributed by atoms with Crippen LogP contribution < -0.4 is 10.1 Å². The Morgan fingerprint density at radius 1 is 1.19 bits per heavy atom. The summed E-state index contributed by atoms with van der Waals surface area (Å²) in [4.78, 5) is 0. The molecule has 1 aromatic carbocycles. The molecule has 0 aliphatic carbocycles. The molecule has 0 amide bonds. The fourth-order valence-corrected chi connectivity index (χ4v) is 2.18. The lowest BCUT2D eigenvalue weighted by atomic mass is 9.91. The third kappa shape index (κ3) is 3.80. The predicted molar refractivity (Wildman–Crippen MR) is 72.6 cm³/mol. The van der Waals surface area contributed by atoms with Gasteiger partial charge in [-0.05, 0) is 56.0 Å². The van der Waals surface area contributed by atoms with Crippen LogP contribution in [-0.2, 0) is 6.42 Å². The average Bonchev–Trinajstić information content (AvgIpc) is 2.31. The first-order valence-electron chi connectivity index (χ1n) is 5.72. The van der Waals surface area contributed by atoms with E-state index in [0.717, 1.165) is 11.7 Å². The second-order valence-electron chi connectivity index (χ2n) is 4.25. The summed E-state index contributed by atoms with van der Waals surface area (Å²) in [6.07, 6.45) is 3.84. The summed E-state index contributed by atoms with van der Waals surface area (Å²) in [6, 6.07) is 8.47. The number of halogens is 1. The minimum absolute atomic E-state index is 0. The van der Waals surface area contributed by atoms with Crippen LogP contribution in [0.15, 0.2) is 24.3 Å². The molecule has 1 aromatic rings. The monoisotopic (exact) mass is 285 g/mol. The molecule has 1 aliphatic heterocycles. The lowest BCUT2D eigenvalue weighted by Gasteiger charge is -2.22. The van der Waals surface area contributed by atoms with Gasteiger partial charge in [-0.3, -0.25) is 0 Å². The maximum absolute atomic E-state index is 5.15. The predicted octanol–water partition coefficient (Wildman–Crippen LogP) is 2.82. The van der Waals surface area contributed by atoms with Gasteiger partial charge in [0.05, 0.1) is 7.11 Å². The van der Waals surface area contributed by atoms with Gasteiger partial charge in [0.2, 0.25) is 0 Å². The largest absolute Gasteiger partial charge is 0.497 e. The first-order chi connectivity index (χ1) is 7.38. The van der Waals surface area contributed by atoms with E-state index in [2.05, 4.69) is 29.6 Å². The highest BCUT2D eigenvalue weighted by atomic mass is 79.9. The zero-order chi connectivity index (χ0) is 10.5. The molecule has 2 rings (SSSR count). The van der Waals surface area contributed by atoms with Crippen LogP contribution in [0.5, 0.6) is 5.75 Å². The maximum atomic E-state index is 5.15. The van der Waals surface area contributed by atoms with Gasteiger partial charge in [0, 0.05) is 0 Å². The van der Waals surface area contributed by atoms with Crippen molar-refractivity contribution in [3.05, 3.63) is 29.8 Å². The smallest absolute Gasteiger partial charge is 0.118 e. The van der Waals surface area contributed by atoms with Gasteiger partial charge in [0.1, 0.15) is 5.75 Å². The lowest BCUT2D eigenvalue weighted by Crippen LogP contribution is -2.28. The van der Waals surface area contributed by atoms with Crippen molar-refractivity contribution in [2.45, 2.75) is 19.3 Å². The van der Waals surface area contributed by atoms with Crippen molar-refractivity contribution < 1.29 is 4.74 Å². The Balaban J connectivity index is 0.00000128. The van der Waals surface area contributed by atoms with Gasteiger partial charge in [-0.15, -0.1) is 17.0 Å². The molecule has 0 aromatic heterocycles. The van der Waals surface area contributed by atoms with E-state index in [4.69, 9.17) is 4.74 Å². The molecule has 0 bridgehead atoms. The first kappa shape index (κ1) is 13.5. The summed E-state index contributed by atoms with van der Waals surface area (Å²) >= 11 is 0. The molecule has 16 heavy (non-hydrogen) atoms. The molecule has 1 N–H and O–H groups in total. The fourth-order valence-electron chi connectivity index (χ4n) is 2.18. The third-order valence-electron chi connectivity index (χ3n) is 3.14. The number of rotatable bonds is 3. The van der Waals surface area contributed by atoms with Gasteiger partial charge in [-0.2, -0.15) is 0 Å². The molecule has 1 saturated heterocycles. The van der Waals surface area contributed by atoms with Crippen molar-refractivity contribution in [2.24, 2.45) is 5.92 Å². The van der Waals surface area contributed by atoms with Crippen LogP contribution in [0.1, 0.15) is 18.4 Å². The van der Waals surface area contributed by atoms with Crippen LogP contribution in [0.2, 0.25) is 0 Å². The number of methoxy groups -OCH3 is 1. The van der Waals surface area contributed by atoms with E-state index in [1.54, 1.807) is 7.11 Å². The summed E-state index contributed by atoms with van der Waals surface area (Å²) in [7, 11) is 1.71. The van der Waals surface area contributed by atoms with Crippen LogP contribution >= 0.6 is 17.0 Å². The van der Waals surface area contributed by atoms with E-state index < -0.39 is 0 Å². The Morgan fingerprint density at radius 2 is 1.81 bits per heavy atom. The normalized spacial score (nSPS) is 16.6. The number of hydrogen-bond acceptors (Lipinski definition) is 2. The van der Waals surface area contributed by atoms with Crippen LogP contribution in [-0.4, -0.2) is 20.2 Å². The van der Waals surface area contributed by atoms with Gasteiger partial charge in [-0.1, -0.05) is 12.1 Å². The molecular formula is C13H20BrNO. The van der Waals surface area contributed by atoms with Gasteiger partial charge in [0.15, 0.2) is 0 Å². The minimum Gasteiger partial charge on any atom is -0.497 e. The molecule has 0 spiro atoms. The molecule has 0 atom stereocenters. The van der Waals surface area contributed by atoms with Crippen LogP contribution in [0, 0.1) is 5.92 Å². The Labute approximate surface area is 108 Å². The summed E-state index contributed by atoms with van der Waals surface area (Å²) in [6.45, 7) is 2.36. The Hall–Kier alpha value is -0.540. The van der Waals surface area contributed by atoms with Gasteiger partial charge < -0.3 is 10.1 Å². The number of nitrogens with one attached hydrogen (secondary N) is 1. The number of ether oxygens (including phenoxy) is 1. The zero-order valence-corrected chi connectivity index (χ0v) is 11.5. The molecule has 1 fully saturated rings. The van der Waals surface area contributed by atoms with E-state index in [0.29, 0.717) is 0 Å². The zero-order valence-electron chi connectivity index (χ0n) is 9.74. The molecule has 0 saturated carbocycles. The van der Waals surface area contributed by atoms with E-state index in [9.17, 15) is 0 Å². The molecule has 1 aliphatic rings. The second-order valence-corrected chi connectivity index (χ2v) is 4.25. The van der Waals surface area contributed by atoms with Crippen molar-refractivity contribution in [1.82, 2.24) is 5.32 Å². The fraction of sp³-hybridized carbons (Fsp3) is 0.538. The minimum atomic E-state index is 0. The standard InChI is InChI=1S/C13H19NO.BrH/c1-15-13-4-2-11(3-5-13)10-12-6-8-14-9-7-12;/h2-5,12,14H,6-10H2,1H3;1H. The van der Waals surface area contributed by atoms with Crippen LogP contribution in [0.4, 0.5) is 0 Å². The number of benzene rings is 1. The van der Waals surface area contributed by atoms with Crippen LogP contribution in [0.25, 0.3) is 0 Å². The molecule has 0 unspecified atom stereocenters. The molecule has 3 heteroatoms. The topological polar surface area (TPSA) is 21.3 Å². The SMILES string of the molecule is Br.COc1ccc(CC2CCNCC2)cc1. The highest BCUT2D eigenvalue weighted by Crippen LogP contribution is 2.19. The first-order valence-corrected chi connectivity index (χ1v) is 5.72. The highest BCUT2D eigenvalue weighted by molar-refractivity contribution is 8.93. The van der Waals surface area contributed by atoms with E-state index >= 15 is 0 Å². The van der Waals surface area contributed by atoms with E-state index in [1.807, 2.05) is 0 Å². The van der Waals surface area contributed by atoms with Gasteiger partial charge in [0.25, 0.3) is 0 Å². The maximum Gasteiger partial charge on any atom is 0.118 e. The highest BCUT2D eigenvalue weighted by Gasteiger charge is 2.13. The third-order valence-corrected chi connectivity index (χ3v) is 3.14. The quantitative estimate of drug-likeness (QED) is 0.922. The van der Waals surface area contributed by atoms with Gasteiger partial charge >= 0.3 is 0 Å². The molecule has 1 heterocycles. The van der Waals surface area contributed by atoms with E-state index in [-0.39, 0.29) is 17.0 Å². The van der Waals surface area contributed by atoms with Crippen LogP contribution in [0.3, 0.4) is 0 Å². The molecule has 2 nitrogen and oxygen atoms in total. The number of piperidine rings is 1. The lowest BCUT2D eigenvalue weighted by molar-refractivity contribution is 0.372. The van der Waals surface area contributed by atoms with Crippen molar-refractivity contribution in [1.29, 1.82) is 0 Å². The van der Waals surface area contributed by atoms with E-state index in [1.165, 1.54) is 37.9 Å². The van der Waals surface area contributed by atoms with Crippen molar-refractivity contribution in [3.8, 4) is 5.75 Å². The summed E-state index contributed by atoms with van der Waals surface area (Å²) in [5.41, 5.74) is 1.43.